The lowest BCUT2D eigenvalue weighted by atomic mass is 9.98. The van der Waals surface area contributed by atoms with Crippen LogP contribution in [0.5, 0.6) is 0 Å². The first-order valence-corrected chi connectivity index (χ1v) is 12.3. The average molecular weight is 480 g/mol. The first kappa shape index (κ1) is 28.8. The number of hydrogen-bond donors (Lipinski definition) is 3. The lowest BCUT2D eigenvalue weighted by Gasteiger charge is -2.34. The number of nitrogens with zero attached hydrogens (tertiary/aromatic N) is 1. The highest BCUT2D eigenvalue weighted by Crippen LogP contribution is 2.25. The first-order valence-electron chi connectivity index (χ1n) is 11.6. The van der Waals surface area contributed by atoms with Gasteiger partial charge in [-0.2, -0.15) is 12.6 Å². The third-order valence-electron chi connectivity index (χ3n) is 5.31. The Balaban J connectivity index is 3.30. The van der Waals surface area contributed by atoms with Gasteiger partial charge in [-0.3, -0.25) is 9.59 Å². The highest BCUT2D eigenvalue weighted by molar-refractivity contribution is 7.80. The summed E-state index contributed by atoms with van der Waals surface area (Å²) in [6, 6.07) is 3.99. The lowest BCUT2D eigenvalue weighted by molar-refractivity contribution is -0.142. The Kier molecular flexibility index (Phi) is 11.2. The summed E-state index contributed by atoms with van der Waals surface area (Å²) in [6.07, 6.45) is 1.08. The number of benzene rings is 1. The number of amides is 3. The van der Waals surface area contributed by atoms with E-state index < -0.39 is 23.8 Å². The van der Waals surface area contributed by atoms with Crippen LogP contribution in [-0.4, -0.2) is 52.8 Å². The average Bonchev–Trinajstić information content (AvgIpc) is 2.70. The number of thiol groups is 1. The van der Waals surface area contributed by atoms with Crippen LogP contribution in [0.3, 0.4) is 0 Å². The Labute approximate surface area is 204 Å². The highest BCUT2D eigenvalue weighted by atomic mass is 32.1. The third kappa shape index (κ3) is 8.91. The normalized spacial score (nSPS) is 14.1. The molecular formula is C25H41N3O4S. The van der Waals surface area contributed by atoms with Gasteiger partial charge in [0, 0.05) is 18.3 Å². The van der Waals surface area contributed by atoms with Crippen molar-refractivity contribution in [2.75, 3.05) is 12.3 Å². The van der Waals surface area contributed by atoms with Gasteiger partial charge in [0.15, 0.2) is 0 Å². The van der Waals surface area contributed by atoms with E-state index in [-0.39, 0.29) is 30.2 Å². The van der Waals surface area contributed by atoms with Crippen molar-refractivity contribution >= 4 is 30.5 Å². The first-order chi connectivity index (χ1) is 15.3. The molecule has 1 aromatic rings. The smallest absolute Gasteiger partial charge is 0.408 e. The molecule has 1 aromatic carbocycles. The van der Waals surface area contributed by atoms with Crippen LogP contribution >= 0.6 is 12.6 Å². The maximum Gasteiger partial charge on any atom is 0.408 e. The van der Waals surface area contributed by atoms with Crippen molar-refractivity contribution in [3.63, 3.8) is 0 Å². The standard InChI is InChI=1S/C25H41N3O4S/c1-9-11-18(5)26-22(29)21(19-13-12-16(3)17(4)14-19)28(10-2)23(30)20(15-33)27-24(31)32-25(6,7)8/h12-14,18,20-21,33H,9-11,15H2,1-8H3,(H,26,29)(H,27,31). The Morgan fingerprint density at radius 2 is 1.73 bits per heavy atom. The molecule has 3 amide bonds. The van der Waals surface area contributed by atoms with E-state index in [2.05, 4.69) is 30.2 Å². The van der Waals surface area contributed by atoms with E-state index in [4.69, 9.17) is 4.74 Å². The fourth-order valence-electron chi connectivity index (χ4n) is 3.54. The zero-order valence-corrected chi connectivity index (χ0v) is 22.2. The van der Waals surface area contributed by atoms with Crippen LogP contribution in [0, 0.1) is 13.8 Å². The van der Waals surface area contributed by atoms with E-state index in [1.165, 1.54) is 4.90 Å². The van der Waals surface area contributed by atoms with Crippen molar-refractivity contribution in [2.45, 2.75) is 92.0 Å². The Morgan fingerprint density at radius 3 is 2.21 bits per heavy atom. The molecule has 0 aliphatic rings. The number of rotatable bonds is 10. The molecule has 8 heteroatoms. The summed E-state index contributed by atoms with van der Waals surface area (Å²) in [5, 5.41) is 5.65. The molecule has 0 bridgehead atoms. The second-order valence-corrected chi connectivity index (χ2v) is 9.82. The second kappa shape index (κ2) is 12.9. The SMILES string of the molecule is CCCC(C)NC(=O)C(c1ccc(C)c(C)c1)N(CC)C(=O)C(CS)NC(=O)OC(C)(C)C. The largest absolute Gasteiger partial charge is 0.444 e. The lowest BCUT2D eigenvalue weighted by Crippen LogP contribution is -2.54. The number of carbonyl (C=O) groups is 3. The van der Waals surface area contributed by atoms with E-state index in [1.807, 2.05) is 45.9 Å². The van der Waals surface area contributed by atoms with Gasteiger partial charge in [-0.25, -0.2) is 4.79 Å². The van der Waals surface area contributed by atoms with Crippen molar-refractivity contribution < 1.29 is 19.1 Å². The van der Waals surface area contributed by atoms with Crippen LogP contribution in [0.25, 0.3) is 0 Å². The molecule has 0 aliphatic heterocycles. The van der Waals surface area contributed by atoms with E-state index >= 15 is 0 Å². The molecule has 3 atom stereocenters. The Bertz CT molecular complexity index is 822. The van der Waals surface area contributed by atoms with Gasteiger partial charge in [-0.1, -0.05) is 31.5 Å². The van der Waals surface area contributed by atoms with Crippen molar-refractivity contribution in [3.8, 4) is 0 Å². The van der Waals surface area contributed by atoms with Crippen LogP contribution < -0.4 is 10.6 Å². The summed E-state index contributed by atoms with van der Waals surface area (Å²) in [4.78, 5) is 40.7. The van der Waals surface area contributed by atoms with Gasteiger partial charge in [0.05, 0.1) is 0 Å². The molecule has 0 saturated heterocycles. The van der Waals surface area contributed by atoms with Crippen LogP contribution in [0.15, 0.2) is 18.2 Å². The maximum atomic E-state index is 13.5. The van der Waals surface area contributed by atoms with Crippen molar-refractivity contribution in [1.82, 2.24) is 15.5 Å². The summed E-state index contributed by atoms with van der Waals surface area (Å²) in [5.74, 6) is -0.563. The minimum absolute atomic E-state index is 0.0223. The molecule has 0 aliphatic carbocycles. The molecule has 0 heterocycles. The summed E-state index contributed by atoms with van der Waals surface area (Å²) in [7, 11) is 0. The van der Waals surface area contributed by atoms with E-state index in [0.29, 0.717) is 0 Å². The highest BCUT2D eigenvalue weighted by Gasteiger charge is 2.35. The van der Waals surface area contributed by atoms with Gasteiger partial charge in [-0.05, 0) is 71.6 Å². The summed E-state index contributed by atoms with van der Waals surface area (Å²) < 4.78 is 5.30. The fraction of sp³-hybridized carbons (Fsp3) is 0.640. The maximum absolute atomic E-state index is 13.5. The molecule has 0 aromatic heterocycles. The molecule has 33 heavy (non-hydrogen) atoms. The van der Waals surface area contributed by atoms with Crippen LogP contribution in [0.4, 0.5) is 4.79 Å². The number of likely N-dealkylation sites (N-methyl/N-ethyl adjacent to an activating group) is 1. The molecule has 0 saturated carbocycles. The zero-order valence-electron chi connectivity index (χ0n) is 21.3. The van der Waals surface area contributed by atoms with Gasteiger partial charge in [0.1, 0.15) is 17.7 Å². The second-order valence-electron chi connectivity index (χ2n) is 9.45. The van der Waals surface area contributed by atoms with Gasteiger partial charge < -0.3 is 20.3 Å². The third-order valence-corrected chi connectivity index (χ3v) is 5.68. The minimum Gasteiger partial charge on any atom is -0.444 e. The van der Waals surface area contributed by atoms with Gasteiger partial charge in [0.25, 0.3) is 0 Å². The van der Waals surface area contributed by atoms with Crippen LogP contribution in [0.2, 0.25) is 0 Å². The van der Waals surface area contributed by atoms with E-state index in [0.717, 1.165) is 29.5 Å². The molecular weight excluding hydrogens is 438 g/mol. The van der Waals surface area contributed by atoms with E-state index in [9.17, 15) is 14.4 Å². The number of carbonyl (C=O) groups excluding carboxylic acids is 3. The molecule has 2 N–H and O–H groups in total. The van der Waals surface area contributed by atoms with Crippen molar-refractivity contribution in [3.05, 3.63) is 34.9 Å². The van der Waals surface area contributed by atoms with E-state index in [1.54, 1.807) is 20.8 Å². The molecule has 0 fully saturated rings. The van der Waals surface area contributed by atoms with Crippen molar-refractivity contribution in [1.29, 1.82) is 0 Å². The van der Waals surface area contributed by atoms with Crippen LogP contribution in [-0.2, 0) is 14.3 Å². The van der Waals surface area contributed by atoms with Crippen LogP contribution in [0.1, 0.15) is 77.1 Å². The monoisotopic (exact) mass is 479 g/mol. The number of aryl methyl sites for hydroxylation is 2. The molecule has 186 valence electrons. The minimum atomic E-state index is -0.932. The zero-order chi connectivity index (χ0) is 25.3. The fourth-order valence-corrected chi connectivity index (χ4v) is 3.78. The number of nitrogens with one attached hydrogen (secondary N) is 2. The Hall–Kier alpha value is -2.22. The number of hydrogen-bond acceptors (Lipinski definition) is 5. The predicted octanol–water partition coefficient (Wildman–Crippen LogP) is 4.32. The van der Waals surface area contributed by atoms with Gasteiger partial charge in [0.2, 0.25) is 11.8 Å². The van der Waals surface area contributed by atoms with Crippen molar-refractivity contribution in [2.24, 2.45) is 0 Å². The molecule has 3 unspecified atom stereocenters. The molecule has 7 nitrogen and oxygen atoms in total. The number of alkyl carbamates (subject to hydrolysis) is 1. The predicted molar refractivity (Wildman–Crippen MR) is 136 cm³/mol. The topological polar surface area (TPSA) is 87.7 Å². The molecule has 0 spiro atoms. The number of ether oxygens (including phenoxy) is 1. The summed E-state index contributed by atoms with van der Waals surface area (Å²) in [6.45, 7) is 15.3. The summed E-state index contributed by atoms with van der Waals surface area (Å²) >= 11 is 4.28. The summed E-state index contributed by atoms with van der Waals surface area (Å²) in [5.41, 5.74) is 2.17. The van der Waals surface area contributed by atoms with Gasteiger partial charge >= 0.3 is 6.09 Å². The van der Waals surface area contributed by atoms with Gasteiger partial charge in [-0.15, -0.1) is 0 Å². The molecule has 0 radical (unpaired) electrons. The Morgan fingerprint density at radius 1 is 1.09 bits per heavy atom. The molecule has 1 rings (SSSR count). The quantitative estimate of drug-likeness (QED) is 0.436.